The number of carboxylic acids is 1. The van der Waals surface area contributed by atoms with Crippen molar-refractivity contribution in [3.05, 3.63) is 0 Å². The van der Waals surface area contributed by atoms with Gasteiger partial charge in [-0.1, -0.05) is 0 Å². The van der Waals surface area contributed by atoms with E-state index >= 15 is 0 Å². The first-order valence-corrected chi connectivity index (χ1v) is 12.5. The highest BCUT2D eigenvalue weighted by molar-refractivity contribution is 5.85. The molecule has 7 fully saturated rings. The quantitative estimate of drug-likeness (QED) is 0.678. The molecule has 6 aliphatic carbocycles. The van der Waals surface area contributed by atoms with Gasteiger partial charge < -0.3 is 15.7 Å². The van der Waals surface area contributed by atoms with Gasteiger partial charge in [0.05, 0.1) is 12.1 Å². The van der Waals surface area contributed by atoms with Crippen LogP contribution < -0.4 is 5.73 Å². The summed E-state index contributed by atoms with van der Waals surface area (Å²) < 4.78 is 0. The molecule has 7 heteroatoms. The largest absolute Gasteiger partial charge is 0.480 e. The van der Waals surface area contributed by atoms with Gasteiger partial charge in [0, 0.05) is 6.04 Å². The molecule has 7 rings (SSSR count). The Labute approximate surface area is 190 Å². The number of amides is 1. The minimum absolute atomic E-state index is 0.00985. The maximum Gasteiger partial charge on any atom is 0.324 e. The second-order valence-electron chi connectivity index (χ2n) is 12.6. The van der Waals surface area contributed by atoms with Crippen LogP contribution in [0, 0.1) is 45.8 Å². The number of carboxylic acid groups (broad SMARTS) is 1. The maximum absolute atomic E-state index is 13.7. The lowest BCUT2D eigenvalue weighted by Crippen LogP contribution is -2.71. The Morgan fingerprint density at radius 1 is 1.16 bits per heavy atom. The van der Waals surface area contributed by atoms with Crippen molar-refractivity contribution in [3.63, 3.8) is 0 Å². The van der Waals surface area contributed by atoms with Crippen LogP contribution in [0.15, 0.2) is 0 Å². The highest BCUT2D eigenvalue weighted by Crippen LogP contribution is 2.72. The zero-order valence-electron chi connectivity index (χ0n) is 19.3. The van der Waals surface area contributed by atoms with Crippen molar-refractivity contribution in [1.29, 1.82) is 5.26 Å². The van der Waals surface area contributed by atoms with E-state index in [0.29, 0.717) is 24.2 Å². The molecule has 6 saturated carbocycles. The molecule has 0 aromatic carbocycles. The van der Waals surface area contributed by atoms with Crippen LogP contribution in [0.2, 0.25) is 0 Å². The fourth-order valence-corrected chi connectivity index (χ4v) is 9.85. The monoisotopic (exact) mass is 440 g/mol. The van der Waals surface area contributed by atoms with Gasteiger partial charge in [-0.05, 0) is 113 Å². The standard InChI is InChI=1S/C25H36N4O3/c1-28(2)25(22(31)32)4-3-19(25)23-8-14-5-15(9-23)11-24(10-14,13-23)20(27)21(30)29-17(12-26)6-16-7-18(16)29/h14-20H,3-11,13,27H2,1-2H3,(H,31,32)/t14-,15?,16?,17-,18?,19-,20+,23?,24?,25?/m0/s1. The van der Waals surface area contributed by atoms with Crippen molar-refractivity contribution >= 4 is 11.9 Å². The van der Waals surface area contributed by atoms with Crippen LogP contribution in [0.1, 0.15) is 64.2 Å². The fraction of sp³-hybridized carbons (Fsp3) is 0.880. The normalized spacial score (nSPS) is 51.2. The SMILES string of the molecule is CN(C)C1(C(=O)O)CC[C@H]1C12CC3C[C@H](CC([C@H](N)C(=O)N4C5CC5C[C@H]4C#N)(C3)C1)C2. The van der Waals surface area contributed by atoms with Crippen molar-refractivity contribution in [2.75, 3.05) is 14.1 Å². The van der Waals surface area contributed by atoms with Crippen LogP contribution in [0.5, 0.6) is 0 Å². The summed E-state index contributed by atoms with van der Waals surface area (Å²) in [5.41, 5.74) is 5.82. The summed E-state index contributed by atoms with van der Waals surface area (Å²) in [6.45, 7) is 0. The van der Waals surface area contributed by atoms with Gasteiger partial charge in [0.1, 0.15) is 11.6 Å². The lowest BCUT2D eigenvalue weighted by atomic mass is 9.36. The zero-order valence-corrected chi connectivity index (χ0v) is 19.3. The molecule has 1 amide bonds. The third-order valence-corrected chi connectivity index (χ3v) is 10.9. The van der Waals surface area contributed by atoms with Gasteiger partial charge >= 0.3 is 5.97 Å². The second-order valence-corrected chi connectivity index (χ2v) is 12.6. The summed E-state index contributed by atoms with van der Waals surface area (Å²) in [6.07, 6.45) is 9.73. The molecule has 3 N–H and O–H groups in total. The molecule has 7 aliphatic rings. The van der Waals surface area contributed by atoms with E-state index in [4.69, 9.17) is 5.73 Å². The van der Waals surface area contributed by atoms with E-state index in [1.54, 1.807) is 0 Å². The van der Waals surface area contributed by atoms with E-state index in [-0.39, 0.29) is 34.7 Å². The number of fused-ring (bicyclic) bond motifs is 1. The number of aliphatic carboxylic acids is 1. The van der Waals surface area contributed by atoms with E-state index < -0.39 is 17.6 Å². The Hall–Kier alpha value is -1.65. The number of hydrogen-bond acceptors (Lipinski definition) is 5. The third-order valence-electron chi connectivity index (χ3n) is 10.9. The predicted octanol–water partition coefficient (Wildman–Crippen LogP) is 2.21. The van der Waals surface area contributed by atoms with Gasteiger partial charge in [-0.25, -0.2) is 0 Å². The van der Waals surface area contributed by atoms with Crippen molar-refractivity contribution < 1.29 is 14.7 Å². The number of nitrogens with zero attached hydrogens (tertiary/aromatic N) is 3. The van der Waals surface area contributed by atoms with E-state index in [2.05, 4.69) is 6.07 Å². The van der Waals surface area contributed by atoms with Crippen LogP contribution in [0.3, 0.4) is 0 Å². The molecule has 1 aliphatic heterocycles. The van der Waals surface area contributed by atoms with E-state index in [0.717, 1.165) is 51.4 Å². The van der Waals surface area contributed by atoms with Crippen molar-refractivity contribution in [3.8, 4) is 6.07 Å². The number of nitriles is 1. The molecule has 0 aromatic rings. The molecule has 0 spiro atoms. The second kappa shape index (κ2) is 6.48. The minimum Gasteiger partial charge on any atom is -0.480 e. The lowest BCUT2D eigenvalue weighted by molar-refractivity contribution is -0.210. The number of likely N-dealkylation sites (tertiary alicyclic amines) is 1. The van der Waals surface area contributed by atoms with Gasteiger partial charge in [-0.15, -0.1) is 0 Å². The molecule has 1 heterocycles. The van der Waals surface area contributed by atoms with Crippen molar-refractivity contribution in [1.82, 2.24) is 9.80 Å². The molecular formula is C25H36N4O3. The summed E-state index contributed by atoms with van der Waals surface area (Å²) in [5.74, 6) is 1.00. The predicted molar refractivity (Wildman–Crippen MR) is 117 cm³/mol. The lowest BCUT2D eigenvalue weighted by Gasteiger charge is -2.69. The number of hydrogen-bond donors (Lipinski definition) is 2. The van der Waals surface area contributed by atoms with E-state index in [1.807, 2.05) is 23.9 Å². The van der Waals surface area contributed by atoms with Gasteiger partial charge in [-0.3, -0.25) is 14.5 Å². The average molecular weight is 441 g/mol. The van der Waals surface area contributed by atoms with Crippen LogP contribution in [-0.4, -0.2) is 64.5 Å². The summed E-state index contributed by atoms with van der Waals surface area (Å²) in [5, 5.41) is 19.9. The summed E-state index contributed by atoms with van der Waals surface area (Å²) in [7, 11) is 3.82. The number of rotatable bonds is 5. The van der Waals surface area contributed by atoms with Crippen molar-refractivity contribution in [2.24, 2.45) is 40.2 Å². The maximum atomic E-state index is 13.7. The van der Waals surface area contributed by atoms with Gasteiger partial charge in [0.25, 0.3) is 0 Å². The van der Waals surface area contributed by atoms with Crippen LogP contribution in [0.4, 0.5) is 0 Å². The van der Waals surface area contributed by atoms with Gasteiger partial charge in [0.2, 0.25) is 5.91 Å². The topological polar surface area (TPSA) is 111 Å². The third kappa shape index (κ3) is 2.49. The molecule has 0 aromatic heterocycles. The molecule has 32 heavy (non-hydrogen) atoms. The number of carbonyl (C=O) groups is 2. The molecule has 174 valence electrons. The molecule has 4 bridgehead atoms. The summed E-state index contributed by atoms with van der Waals surface area (Å²) in [6, 6.07) is 1.68. The number of likely N-dealkylation sites (N-methyl/N-ethyl adjacent to an activating group) is 1. The number of carbonyl (C=O) groups excluding carboxylic acids is 1. The zero-order chi connectivity index (χ0) is 22.6. The summed E-state index contributed by atoms with van der Waals surface area (Å²) in [4.78, 5) is 30.0. The van der Waals surface area contributed by atoms with Crippen LogP contribution >= 0.6 is 0 Å². The van der Waals surface area contributed by atoms with Gasteiger partial charge in [0.15, 0.2) is 0 Å². The Balaban J connectivity index is 1.32. The first kappa shape index (κ1) is 20.9. The first-order valence-electron chi connectivity index (χ1n) is 12.5. The van der Waals surface area contributed by atoms with E-state index in [9.17, 15) is 20.0 Å². The van der Waals surface area contributed by atoms with Crippen LogP contribution in [-0.2, 0) is 9.59 Å². The molecule has 6 unspecified atom stereocenters. The average Bonchev–Trinajstić information content (AvgIpc) is 3.34. The number of nitrogens with two attached hydrogens (primary N) is 1. The Morgan fingerprint density at radius 3 is 2.38 bits per heavy atom. The molecule has 0 radical (unpaired) electrons. The van der Waals surface area contributed by atoms with Crippen LogP contribution in [0.25, 0.3) is 0 Å². The Kier molecular flexibility index (Phi) is 4.23. The van der Waals surface area contributed by atoms with Crippen molar-refractivity contribution in [2.45, 2.75) is 87.9 Å². The fourth-order valence-electron chi connectivity index (χ4n) is 9.85. The summed E-state index contributed by atoms with van der Waals surface area (Å²) >= 11 is 0. The minimum atomic E-state index is -0.789. The molecule has 1 saturated heterocycles. The molecule has 10 atom stereocenters. The highest BCUT2D eigenvalue weighted by Gasteiger charge is 2.70. The molecular weight excluding hydrogens is 404 g/mol. The number of piperidine rings is 1. The first-order chi connectivity index (χ1) is 15.2. The Morgan fingerprint density at radius 2 is 1.84 bits per heavy atom. The van der Waals surface area contributed by atoms with Gasteiger partial charge in [-0.2, -0.15) is 5.26 Å². The Bertz CT molecular complexity index is 897. The highest BCUT2D eigenvalue weighted by atomic mass is 16.4. The van der Waals surface area contributed by atoms with E-state index in [1.165, 1.54) is 6.42 Å². The smallest absolute Gasteiger partial charge is 0.324 e. The molecule has 7 nitrogen and oxygen atoms in total.